The Kier molecular flexibility index (Phi) is 2.94. The highest BCUT2D eigenvalue weighted by molar-refractivity contribution is 5.05. The Morgan fingerprint density at radius 1 is 1.25 bits per heavy atom. The molecular weight excluding hydrogens is 200 g/mol. The minimum Gasteiger partial charge on any atom is -0.381 e. The molecule has 3 nitrogen and oxygen atoms in total. The Balaban J connectivity index is 1.63. The van der Waals surface area contributed by atoms with Crippen LogP contribution in [0.3, 0.4) is 0 Å². The minimum atomic E-state index is 0.393. The molecule has 3 atom stereocenters. The lowest BCUT2D eigenvalue weighted by Crippen LogP contribution is -2.54. The Morgan fingerprint density at radius 3 is 2.88 bits per heavy atom. The molecule has 0 radical (unpaired) electrons. The van der Waals surface area contributed by atoms with Crippen LogP contribution in [-0.4, -0.2) is 30.8 Å². The van der Waals surface area contributed by atoms with Gasteiger partial charge in [-0.05, 0) is 50.9 Å². The lowest BCUT2D eigenvalue weighted by Gasteiger charge is -2.41. The summed E-state index contributed by atoms with van der Waals surface area (Å²) in [5.74, 6) is 0.866. The van der Waals surface area contributed by atoms with Crippen molar-refractivity contribution < 1.29 is 4.74 Å². The summed E-state index contributed by atoms with van der Waals surface area (Å²) in [6.45, 7) is 1.94. The van der Waals surface area contributed by atoms with Crippen molar-refractivity contribution >= 4 is 0 Å². The zero-order valence-electron chi connectivity index (χ0n) is 10.1. The van der Waals surface area contributed by atoms with E-state index in [4.69, 9.17) is 10.5 Å². The van der Waals surface area contributed by atoms with Crippen LogP contribution in [0.5, 0.6) is 0 Å². The normalized spacial score (nSPS) is 44.8. The Labute approximate surface area is 98.1 Å². The van der Waals surface area contributed by atoms with Crippen LogP contribution in [0.15, 0.2) is 0 Å². The van der Waals surface area contributed by atoms with Crippen molar-refractivity contribution in [2.75, 3.05) is 13.2 Å². The van der Waals surface area contributed by atoms with Crippen LogP contribution in [0.25, 0.3) is 0 Å². The second kappa shape index (κ2) is 4.28. The number of fused-ring (bicyclic) bond motifs is 2. The molecule has 0 aromatic heterocycles. The first-order chi connectivity index (χ1) is 7.76. The maximum atomic E-state index is 6.18. The first-order valence-corrected chi connectivity index (χ1v) is 6.87. The summed E-state index contributed by atoms with van der Waals surface area (Å²) in [6.07, 6.45) is 8.92. The van der Waals surface area contributed by atoms with Gasteiger partial charge in [-0.1, -0.05) is 0 Å². The third-order valence-electron chi connectivity index (χ3n) is 4.74. The maximum absolute atomic E-state index is 6.18. The quantitative estimate of drug-likeness (QED) is 0.745. The summed E-state index contributed by atoms with van der Waals surface area (Å²) in [4.78, 5) is 0. The van der Waals surface area contributed by atoms with Crippen molar-refractivity contribution in [1.82, 2.24) is 5.32 Å². The van der Waals surface area contributed by atoms with Gasteiger partial charge in [0.05, 0.1) is 0 Å². The maximum Gasteiger partial charge on any atom is 0.0468 e. The van der Waals surface area contributed by atoms with Gasteiger partial charge in [0.15, 0.2) is 0 Å². The fourth-order valence-electron chi connectivity index (χ4n) is 4.06. The summed E-state index contributed by atoms with van der Waals surface area (Å²) >= 11 is 0. The van der Waals surface area contributed by atoms with Crippen molar-refractivity contribution in [1.29, 1.82) is 0 Å². The molecule has 92 valence electrons. The topological polar surface area (TPSA) is 47.3 Å². The molecule has 0 saturated carbocycles. The molecule has 0 spiro atoms. The van der Waals surface area contributed by atoms with Gasteiger partial charge in [-0.2, -0.15) is 0 Å². The van der Waals surface area contributed by atoms with E-state index in [0.29, 0.717) is 17.6 Å². The second-order valence-corrected chi connectivity index (χ2v) is 6.12. The van der Waals surface area contributed by atoms with Gasteiger partial charge in [-0.15, -0.1) is 0 Å². The number of hydrogen-bond donors (Lipinski definition) is 2. The zero-order chi connectivity index (χ0) is 11.0. The highest BCUT2D eigenvalue weighted by atomic mass is 16.5. The highest BCUT2D eigenvalue weighted by Crippen LogP contribution is 2.40. The Hall–Kier alpha value is -0.120. The standard InChI is InChI=1S/C13H24N2O/c14-11-7-12-1-4-13(9-11,15-12)8-10-2-5-16-6-3-10/h10-12,15H,1-9,14H2. The number of nitrogens with one attached hydrogen (secondary N) is 1. The second-order valence-electron chi connectivity index (χ2n) is 6.12. The van der Waals surface area contributed by atoms with Gasteiger partial charge in [0, 0.05) is 30.8 Å². The number of ether oxygens (including phenoxy) is 1. The summed E-state index contributed by atoms with van der Waals surface area (Å²) in [5, 5.41) is 3.86. The number of hydrogen-bond acceptors (Lipinski definition) is 3. The molecular formula is C13H24N2O. The molecule has 0 aliphatic carbocycles. The van der Waals surface area contributed by atoms with Crippen LogP contribution >= 0.6 is 0 Å². The van der Waals surface area contributed by atoms with Crippen molar-refractivity contribution in [2.45, 2.75) is 62.6 Å². The van der Waals surface area contributed by atoms with Gasteiger partial charge in [-0.25, -0.2) is 0 Å². The smallest absolute Gasteiger partial charge is 0.0468 e. The third kappa shape index (κ3) is 2.13. The largest absolute Gasteiger partial charge is 0.381 e. The Bertz CT molecular complexity index is 252. The lowest BCUT2D eigenvalue weighted by molar-refractivity contribution is 0.0505. The number of piperidine rings is 1. The van der Waals surface area contributed by atoms with E-state index in [2.05, 4.69) is 5.32 Å². The first kappa shape index (κ1) is 11.0. The van der Waals surface area contributed by atoms with Gasteiger partial charge >= 0.3 is 0 Å². The van der Waals surface area contributed by atoms with Crippen LogP contribution in [0, 0.1) is 5.92 Å². The zero-order valence-corrected chi connectivity index (χ0v) is 10.1. The van der Waals surface area contributed by atoms with Gasteiger partial charge in [-0.3, -0.25) is 0 Å². The van der Waals surface area contributed by atoms with Gasteiger partial charge in [0.1, 0.15) is 0 Å². The van der Waals surface area contributed by atoms with Crippen LogP contribution in [0.2, 0.25) is 0 Å². The van der Waals surface area contributed by atoms with E-state index in [1.165, 1.54) is 44.9 Å². The van der Waals surface area contributed by atoms with E-state index < -0.39 is 0 Å². The van der Waals surface area contributed by atoms with E-state index in [9.17, 15) is 0 Å². The molecule has 0 aromatic carbocycles. The fraction of sp³-hybridized carbons (Fsp3) is 1.00. The molecule has 16 heavy (non-hydrogen) atoms. The predicted molar refractivity (Wildman–Crippen MR) is 64.3 cm³/mol. The van der Waals surface area contributed by atoms with E-state index in [1.807, 2.05) is 0 Å². The van der Waals surface area contributed by atoms with E-state index in [-0.39, 0.29) is 0 Å². The monoisotopic (exact) mass is 224 g/mol. The summed E-state index contributed by atoms with van der Waals surface area (Å²) in [5.41, 5.74) is 6.57. The van der Waals surface area contributed by atoms with Gasteiger partial charge < -0.3 is 15.8 Å². The number of nitrogens with two attached hydrogens (primary N) is 1. The van der Waals surface area contributed by atoms with Gasteiger partial charge in [0.25, 0.3) is 0 Å². The van der Waals surface area contributed by atoms with E-state index in [0.717, 1.165) is 19.1 Å². The average molecular weight is 224 g/mol. The predicted octanol–water partition coefficient (Wildman–Crippen LogP) is 1.41. The molecule has 3 heteroatoms. The minimum absolute atomic E-state index is 0.393. The highest BCUT2D eigenvalue weighted by Gasteiger charge is 2.45. The molecule has 3 aliphatic heterocycles. The summed E-state index contributed by atoms with van der Waals surface area (Å²) in [6, 6.07) is 1.15. The van der Waals surface area contributed by atoms with Crippen molar-refractivity contribution in [3.05, 3.63) is 0 Å². The molecule has 3 N–H and O–H groups in total. The van der Waals surface area contributed by atoms with E-state index >= 15 is 0 Å². The molecule has 3 heterocycles. The van der Waals surface area contributed by atoms with E-state index in [1.54, 1.807) is 0 Å². The Morgan fingerprint density at radius 2 is 2.06 bits per heavy atom. The first-order valence-electron chi connectivity index (χ1n) is 6.87. The van der Waals surface area contributed by atoms with Crippen molar-refractivity contribution in [2.24, 2.45) is 11.7 Å². The van der Waals surface area contributed by atoms with Crippen molar-refractivity contribution in [3.63, 3.8) is 0 Å². The molecule has 3 unspecified atom stereocenters. The molecule has 3 rings (SSSR count). The van der Waals surface area contributed by atoms with Crippen molar-refractivity contribution in [3.8, 4) is 0 Å². The fourth-order valence-corrected chi connectivity index (χ4v) is 4.06. The number of rotatable bonds is 2. The molecule has 0 amide bonds. The molecule has 2 bridgehead atoms. The molecule has 0 aromatic rings. The average Bonchev–Trinajstić information content (AvgIpc) is 2.55. The van der Waals surface area contributed by atoms with Crippen LogP contribution in [-0.2, 0) is 4.74 Å². The summed E-state index contributed by atoms with van der Waals surface area (Å²) in [7, 11) is 0. The van der Waals surface area contributed by atoms with Crippen LogP contribution in [0.1, 0.15) is 44.9 Å². The van der Waals surface area contributed by atoms with Gasteiger partial charge in [0.2, 0.25) is 0 Å². The van der Waals surface area contributed by atoms with Crippen LogP contribution < -0.4 is 11.1 Å². The molecule has 3 saturated heterocycles. The molecule has 3 aliphatic rings. The molecule has 3 fully saturated rings. The SMILES string of the molecule is NC1CC2CCC(CC3CCOCC3)(C1)N2. The lowest BCUT2D eigenvalue weighted by atomic mass is 9.78. The van der Waals surface area contributed by atoms with Crippen LogP contribution in [0.4, 0.5) is 0 Å². The summed E-state index contributed by atoms with van der Waals surface area (Å²) < 4.78 is 5.44. The third-order valence-corrected chi connectivity index (χ3v) is 4.74.